The summed E-state index contributed by atoms with van der Waals surface area (Å²) in [5.41, 5.74) is 1.70. The third-order valence-corrected chi connectivity index (χ3v) is 4.61. The van der Waals surface area contributed by atoms with Crippen molar-refractivity contribution in [3.63, 3.8) is 0 Å². The average Bonchev–Trinajstić information content (AvgIpc) is 2.97. The molecule has 0 spiro atoms. The minimum absolute atomic E-state index is 0.0438. The molecule has 1 aliphatic rings. The van der Waals surface area contributed by atoms with Crippen LogP contribution in [0.5, 0.6) is 0 Å². The fourth-order valence-corrected chi connectivity index (χ4v) is 3.18. The van der Waals surface area contributed by atoms with E-state index in [0.717, 1.165) is 25.2 Å². The summed E-state index contributed by atoms with van der Waals surface area (Å²) < 4.78 is 1.64. The lowest BCUT2D eigenvalue weighted by Crippen LogP contribution is -2.48. The number of nitrogens with zero attached hydrogens (tertiary/aromatic N) is 4. The molecule has 0 saturated carbocycles. The molecule has 1 saturated heterocycles. The second kappa shape index (κ2) is 6.91. The summed E-state index contributed by atoms with van der Waals surface area (Å²) in [6.07, 6.45) is 3.37. The minimum atomic E-state index is 0.0438. The largest absolute Gasteiger partial charge is 0.336 e. The van der Waals surface area contributed by atoms with Crippen molar-refractivity contribution in [2.75, 3.05) is 26.2 Å². The highest BCUT2D eigenvalue weighted by atomic mass is 35.5. The summed E-state index contributed by atoms with van der Waals surface area (Å²) in [5.74, 6) is 0.0438. The van der Waals surface area contributed by atoms with Crippen molar-refractivity contribution in [2.45, 2.75) is 6.54 Å². The van der Waals surface area contributed by atoms with E-state index in [1.807, 2.05) is 24.1 Å². The van der Waals surface area contributed by atoms with E-state index in [2.05, 4.69) is 10.00 Å². The van der Waals surface area contributed by atoms with Crippen molar-refractivity contribution >= 4 is 29.1 Å². The van der Waals surface area contributed by atoms with Crippen LogP contribution in [0.15, 0.2) is 30.6 Å². The molecule has 0 atom stereocenters. The van der Waals surface area contributed by atoms with Gasteiger partial charge in [-0.25, -0.2) is 0 Å². The molecule has 1 aromatic carbocycles. The van der Waals surface area contributed by atoms with E-state index in [0.29, 0.717) is 28.7 Å². The van der Waals surface area contributed by atoms with Gasteiger partial charge in [-0.2, -0.15) is 5.10 Å². The molecule has 1 amide bonds. The molecule has 0 aliphatic carbocycles. The summed E-state index contributed by atoms with van der Waals surface area (Å²) in [5, 5.41) is 5.38. The predicted octanol–water partition coefficient (Wildman–Crippen LogP) is 2.68. The first-order valence-corrected chi connectivity index (χ1v) is 8.23. The molecule has 7 heteroatoms. The van der Waals surface area contributed by atoms with Gasteiger partial charge in [-0.05, 0) is 17.7 Å². The summed E-state index contributed by atoms with van der Waals surface area (Å²) in [4.78, 5) is 16.6. The Labute approximate surface area is 145 Å². The molecule has 1 aliphatic heterocycles. The smallest absolute Gasteiger partial charge is 0.257 e. The van der Waals surface area contributed by atoms with Crippen LogP contribution in [0.25, 0.3) is 0 Å². The van der Waals surface area contributed by atoms with Crippen LogP contribution in [-0.4, -0.2) is 51.7 Å². The molecular weight excluding hydrogens is 335 g/mol. The number of amides is 1. The van der Waals surface area contributed by atoms with E-state index in [1.165, 1.54) is 0 Å². The first-order valence-electron chi connectivity index (χ1n) is 7.47. The second-order valence-electron chi connectivity index (χ2n) is 5.71. The van der Waals surface area contributed by atoms with Gasteiger partial charge in [0, 0.05) is 56.0 Å². The highest BCUT2D eigenvalue weighted by Gasteiger charge is 2.23. The Balaban J connectivity index is 1.57. The van der Waals surface area contributed by atoms with Crippen molar-refractivity contribution in [3.05, 3.63) is 51.8 Å². The maximum Gasteiger partial charge on any atom is 0.257 e. The highest BCUT2D eigenvalue weighted by molar-refractivity contribution is 6.35. The van der Waals surface area contributed by atoms with Gasteiger partial charge in [0.15, 0.2) is 0 Å². The van der Waals surface area contributed by atoms with Crippen molar-refractivity contribution in [2.24, 2.45) is 7.05 Å². The van der Waals surface area contributed by atoms with Crippen LogP contribution < -0.4 is 0 Å². The topological polar surface area (TPSA) is 41.4 Å². The zero-order chi connectivity index (χ0) is 16.4. The molecule has 122 valence electrons. The number of halogens is 2. The average molecular weight is 353 g/mol. The van der Waals surface area contributed by atoms with Crippen LogP contribution in [0.2, 0.25) is 10.0 Å². The van der Waals surface area contributed by atoms with E-state index in [4.69, 9.17) is 23.2 Å². The van der Waals surface area contributed by atoms with Crippen molar-refractivity contribution in [1.82, 2.24) is 19.6 Å². The second-order valence-corrected chi connectivity index (χ2v) is 6.55. The molecule has 23 heavy (non-hydrogen) atoms. The van der Waals surface area contributed by atoms with Crippen molar-refractivity contribution in [1.29, 1.82) is 0 Å². The van der Waals surface area contributed by atoms with Crippen LogP contribution in [-0.2, 0) is 13.6 Å². The monoisotopic (exact) mass is 352 g/mol. The quantitative estimate of drug-likeness (QED) is 0.852. The molecule has 0 radical (unpaired) electrons. The summed E-state index contributed by atoms with van der Waals surface area (Å²) >= 11 is 12.1. The van der Waals surface area contributed by atoms with E-state index < -0.39 is 0 Å². The molecule has 0 bridgehead atoms. The Morgan fingerprint density at radius 2 is 1.96 bits per heavy atom. The lowest BCUT2D eigenvalue weighted by Gasteiger charge is -2.34. The van der Waals surface area contributed by atoms with Gasteiger partial charge in [0.2, 0.25) is 0 Å². The number of carbonyl (C=O) groups excluding carboxylic acids is 1. The van der Waals surface area contributed by atoms with Crippen LogP contribution in [0.4, 0.5) is 0 Å². The van der Waals surface area contributed by atoms with Crippen LogP contribution in [0.3, 0.4) is 0 Å². The molecule has 2 aromatic rings. The normalized spacial score (nSPS) is 15.9. The Morgan fingerprint density at radius 1 is 1.22 bits per heavy atom. The van der Waals surface area contributed by atoms with Crippen molar-refractivity contribution in [3.8, 4) is 0 Å². The number of benzene rings is 1. The number of carbonyl (C=O) groups is 1. The van der Waals surface area contributed by atoms with E-state index >= 15 is 0 Å². The summed E-state index contributed by atoms with van der Waals surface area (Å²) in [6.45, 7) is 3.83. The molecule has 2 heterocycles. The fraction of sp³-hybridized carbons (Fsp3) is 0.375. The fourth-order valence-electron chi connectivity index (χ4n) is 2.71. The highest BCUT2D eigenvalue weighted by Crippen LogP contribution is 2.22. The van der Waals surface area contributed by atoms with Gasteiger partial charge < -0.3 is 4.90 Å². The van der Waals surface area contributed by atoms with Gasteiger partial charge in [0.25, 0.3) is 5.91 Å². The van der Waals surface area contributed by atoms with E-state index in [-0.39, 0.29) is 5.91 Å². The molecular formula is C16H18Cl2N4O. The molecule has 5 nitrogen and oxygen atoms in total. The van der Waals surface area contributed by atoms with Gasteiger partial charge in [0.05, 0.1) is 11.8 Å². The third kappa shape index (κ3) is 3.86. The molecule has 1 aromatic heterocycles. The SMILES string of the molecule is Cn1cc(C(=O)N2CCN(Cc3ccc(Cl)cc3Cl)CC2)cn1. The maximum atomic E-state index is 12.4. The van der Waals surface area contributed by atoms with Gasteiger partial charge in [-0.3, -0.25) is 14.4 Å². The Hall–Kier alpha value is -1.56. The number of piperazine rings is 1. The van der Waals surface area contributed by atoms with Gasteiger partial charge >= 0.3 is 0 Å². The Morgan fingerprint density at radius 3 is 2.57 bits per heavy atom. The number of aryl methyl sites for hydroxylation is 1. The lowest BCUT2D eigenvalue weighted by atomic mass is 10.2. The minimum Gasteiger partial charge on any atom is -0.336 e. The molecule has 1 fully saturated rings. The molecule has 0 unspecified atom stereocenters. The lowest BCUT2D eigenvalue weighted by molar-refractivity contribution is 0.0628. The zero-order valence-electron chi connectivity index (χ0n) is 12.9. The van der Waals surface area contributed by atoms with Gasteiger partial charge in [-0.1, -0.05) is 29.3 Å². The number of rotatable bonds is 3. The van der Waals surface area contributed by atoms with Gasteiger partial charge in [0.1, 0.15) is 0 Å². The first-order chi connectivity index (χ1) is 11.0. The Bertz CT molecular complexity index is 708. The van der Waals surface area contributed by atoms with E-state index in [1.54, 1.807) is 23.1 Å². The Kier molecular flexibility index (Phi) is 4.90. The standard InChI is InChI=1S/C16H18Cl2N4O/c1-20-10-13(9-19-20)16(23)22-6-4-21(5-7-22)11-12-2-3-14(17)8-15(12)18/h2-3,8-10H,4-7,11H2,1H3. The van der Waals surface area contributed by atoms with Crippen LogP contribution in [0.1, 0.15) is 15.9 Å². The van der Waals surface area contributed by atoms with Crippen LogP contribution >= 0.6 is 23.2 Å². The predicted molar refractivity (Wildman–Crippen MR) is 90.9 cm³/mol. The zero-order valence-corrected chi connectivity index (χ0v) is 14.4. The third-order valence-electron chi connectivity index (χ3n) is 4.02. The number of hydrogen-bond donors (Lipinski definition) is 0. The molecule has 0 N–H and O–H groups in total. The maximum absolute atomic E-state index is 12.4. The summed E-state index contributed by atoms with van der Waals surface area (Å²) in [6, 6.07) is 5.57. The van der Waals surface area contributed by atoms with Crippen molar-refractivity contribution < 1.29 is 4.79 Å². The number of hydrogen-bond acceptors (Lipinski definition) is 3. The summed E-state index contributed by atoms with van der Waals surface area (Å²) in [7, 11) is 1.81. The van der Waals surface area contributed by atoms with Crippen LogP contribution in [0, 0.1) is 0 Å². The molecule has 3 rings (SSSR count). The van der Waals surface area contributed by atoms with Gasteiger partial charge in [-0.15, -0.1) is 0 Å². The number of aromatic nitrogens is 2. The first kappa shape index (κ1) is 16.3. The van der Waals surface area contributed by atoms with E-state index in [9.17, 15) is 4.79 Å².